The molecule has 0 saturated heterocycles. The molecule has 1 aliphatic rings. The standard InChI is InChI=1S/C12H20N2O/c1-4-13-7-11-10-6-5-8(2)9(3)12(10)15-14-11/h8-9,13H,4-7H2,1-3H3. The Bertz CT molecular complexity index is 332. The van der Waals surface area contributed by atoms with Crippen LogP contribution in [0.3, 0.4) is 0 Å². The van der Waals surface area contributed by atoms with Gasteiger partial charge in [-0.1, -0.05) is 25.9 Å². The molecule has 3 heteroatoms. The third kappa shape index (κ3) is 1.93. The maximum atomic E-state index is 5.48. The third-order valence-electron chi connectivity index (χ3n) is 3.56. The molecular formula is C12H20N2O. The molecule has 0 fully saturated rings. The average molecular weight is 208 g/mol. The van der Waals surface area contributed by atoms with Gasteiger partial charge in [-0.3, -0.25) is 0 Å². The molecule has 2 unspecified atom stereocenters. The van der Waals surface area contributed by atoms with Crippen molar-refractivity contribution < 1.29 is 4.52 Å². The maximum absolute atomic E-state index is 5.48. The minimum absolute atomic E-state index is 0.525. The van der Waals surface area contributed by atoms with Crippen LogP contribution in [0.5, 0.6) is 0 Å². The van der Waals surface area contributed by atoms with Crippen LogP contribution >= 0.6 is 0 Å². The molecule has 1 N–H and O–H groups in total. The summed E-state index contributed by atoms with van der Waals surface area (Å²) >= 11 is 0. The Morgan fingerprint density at radius 3 is 3.00 bits per heavy atom. The maximum Gasteiger partial charge on any atom is 0.143 e. The van der Waals surface area contributed by atoms with Crippen molar-refractivity contribution in [2.45, 2.75) is 46.1 Å². The van der Waals surface area contributed by atoms with Crippen molar-refractivity contribution in [2.75, 3.05) is 6.54 Å². The van der Waals surface area contributed by atoms with E-state index in [9.17, 15) is 0 Å². The summed E-state index contributed by atoms with van der Waals surface area (Å²) in [6, 6.07) is 0. The van der Waals surface area contributed by atoms with E-state index in [1.807, 2.05) is 0 Å². The lowest BCUT2D eigenvalue weighted by molar-refractivity contribution is 0.306. The first-order valence-electron chi connectivity index (χ1n) is 5.92. The van der Waals surface area contributed by atoms with E-state index in [-0.39, 0.29) is 0 Å². The molecule has 2 atom stereocenters. The van der Waals surface area contributed by atoms with Gasteiger partial charge in [0.25, 0.3) is 0 Å². The van der Waals surface area contributed by atoms with Gasteiger partial charge in [-0.2, -0.15) is 0 Å². The first-order chi connectivity index (χ1) is 7.24. The molecule has 15 heavy (non-hydrogen) atoms. The van der Waals surface area contributed by atoms with Crippen molar-refractivity contribution in [3.63, 3.8) is 0 Å². The lowest BCUT2D eigenvalue weighted by atomic mass is 9.80. The predicted molar refractivity (Wildman–Crippen MR) is 59.8 cm³/mol. The van der Waals surface area contributed by atoms with E-state index < -0.39 is 0 Å². The second-order valence-corrected chi connectivity index (χ2v) is 4.56. The molecular weight excluding hydrogens is 188 g/mol. The number of nitrogens with one attached hydrogen (secondary N) is 1. The van der Waals surface area contributed by atoms with Gasteiger partial charge in [0.2, 0.25) is 0 Å². The Morgan fingerprint density at radius 2 is 2.27 bits per heavy atom. The van der Waals surface area contributed by atoms with E-state index in [1.165, 1.54) is 12.0 Å². The molecule has 1 heterocycles. The summed E-state index contributed by atoms with van der Waals surface area (Å²) < 4.78 is 5.48. The lowest BCUT2D eigenvalue weighted by Gasteiger charge is -2.23. The van der Waals surface area contributed by atoms with Crippen molar-refractivity contribution in [3.8, 4) is 0 Å². The minimum atomic E-state index is 0.525. The summed E-state index contributed by atoms with van der Waals surface area (Å²) in [6.45, 7) is 8.46. The van der Waals surface area contributed by atoms with Crippen LogP contribution in [0.4, 0.5) is 0 Å². The SMILES string of the molecule is CCNCc1noc2c1CCC(C)C2C. The normalized spacial score (nSPS) is 25.3. The summed E-state index contributed by atoms with van der Waals surface area (Å²) in [6.07, 6.45) is 2.39. The Morgan fingerprint density at radius 1 is 1.47 bits per heavy atom. The summed E-state index contributed by atoms with van der Waals surface area (Å²) in [5.74, 6) is 2.37. The summed E-state index contributed by atoms with van der Waals surface area (Å²) in [7, 11) is 0. The van der Waals surface area contributed by atoms with E-state index in [2.05, 4.69) is 31.2 Å². The highest BCUT2D eigenvalue weighted by Gasteiger charge is 2.29. The quantitative estimate of drug-likeness (QED) is 0.829. The largest absolute Gasteiger partial charge is 0.361 e. The molecule has 1 aliphatic carbocycles. The van der Waals surface area contributed by atoms with Crippen LogP contribution in [0.1, 0.15) is 50.1 Å². The van der Waals surface area contributed by atoms with Gasteiger partial charge in [0, 0.05) is 18.0 Å². The number of hydrogen-bond acceptors (Lipinski definition) is 3. The van der Waals surface area contributed by atoms with Gasteiger partial charge in [-0.25, -0.2) is 0 Å². The van der Waals surface area contributed by atoms with E-state index in [4.69, 9.17) is 4.52 Å². The molecule has 0 amide bonds. The van der Waals surface area contributed by atoms with Crippen LogP contribution in [0.15, 0.2) is 4.52 Å². The van der Waals surface area contributed by atoms with Crippen molar-refractivity contribution >= 4 is 0 Å². The molecule has 1 aromatic heterocycles. The van der Waals surface area contributed by atoms with Gasteiger partial charge in [0.15, 0.2) is 0 Å². The zero-order valence-electron chi connectivity index (χ0n) is 9.84. The number of rotatable bonds is 3. The van der Waals surface area contributed by atoms with Crippen LogP contribution in [-0.2, 0) is 13.0 Å². The molecule has 1 aromatic rings. The lowest BCUT2D eigenvalue weighted by Crippen LogP contribution is -2.17. The highest BCUT2D eigenvalue weighted by atomic mass is 16.5. The molecule has 0 saturated carbocycles. The monoisotopic (exact) mass is 208 g/mol. The fourth-order valence-corrected chi connectivity index (χ4v) is 2.24. The van der Waals surface area contributed by atoms with E-state index in [0.29, 0.717) is 5.92 Å². The Balaban J connectivity index is 2.20. The number of fused-ring (bicyclic) bond motifs is 1. The highest BCUT2D eigenvalue weighted by Crippen LogP contribution is 2.36. The minimum Gasteiger partial charge on any atom is -0.361 e. The summed E-state index contributed by atoms with van der Waals surface area (Å²) in [4.78, 5) is 0. The number of aromatic nitrogens is 1. The van der Waals surface area contributed by atoms with Gasteiger partial charge in [0.05, 0.1) is 0 Å². The summed E-state index contributed by atoms with van der Waals surface area (Å²) in [5, 5.41) is 7.49. The van der Waals surface area contributed by atoms with E-state index in [0.717, 1.165) is 36.9 Å². The number of nitrogens with zero attached hydrogens (tertiary/aromatic N) is 1. The highest BCUT2D eigenvalue weighted by molar-refractivity contribution is 5.28. The third-order valence-corrected chi connectivity index (χ3v) is 3.56. The molecule has 2 rings (SSSR count). The van der Waals surface area contributed by atoms with Crippen LogP contribution in [-0.4, -0.2) is 11.7 Å². The van der Waals surface area contributed by atoms with Crippen LogP contribution < -0.4 is 5.32 Å². The van der Waals surface area contributed by atoms with Crippen LogP contribution in [0.25, 0.3) is 0 Å². The van der Waals surface area contributed by atoms with Crippen molar-refractivity contribution in [3.05, 3.63) is 17.0 Å². The molecule has 0 radical (unpaired) electrons. The Kier molecular flexibility index (Phi) is 3.10. The smallest absolute Gasteiger partial charge is 0.143 e. The Hall–Kier alpha value is -0.830. The van der Waals surface area contributed by atoms with Crippen molar-refractivity contribution in [1.82, 2.24) is 10.5 Å². The topological polar surface area (TPSA) is 38.1 Å². The fraction of sp³-hybridized carbons (Fsp3) is 0.750. The average Bonchev–Trinajstić information content (AvgIpc) is 2.64. The van der Waals surface area contributed by atoms with Crippen LogP contribution in [0.2, 0.25) is 0 Å². The molecule has 0 spiro atoms. The zero-order chi connectivity index (χ0) is 10.8. The van der Waals surface area contributed by atoms with Gasteiger partial charge < -0.3 is 9.84 Å². The van der Waals surface area contributed by atoms with Gasteiger partial charge >= 0.3 is 0 Å². The van der Waals surface area contributed by atoms with E-state index >= 15 is 0 Å². The Labute approximate surface area is 91.2 Å². The predicted octanol–water partition coefficient (Wildman–Crippen LogP) is 2.47. The van der Waals surface area contributed by atoms with E-state index in [1.54, 1.807) is 0 Å². The van der Waals surface area contributed by atoms with Crippen molar-refractivity contribution in [1.29, 1.82) is 0 Å². The van der Waals surface area contributed by atoms with Gasteiger partial charge in [-0.05, 0) is 25.3 Å². The molecule has 0 aromatic carbocycles. The number of hydrogen-bond donors (Lipinski definition) is 1. The second kappa shape index (κ2) is 4.35. The second-order valence-electron chi connectivity index (χ2n) is 4.56. The summed E-state index contributed by atoms with van der Waals surface area (Å²) in [5.41, 5.74) is 2.48. The molecule has 0 bridgehead atoms. The van der Waals surface area contributed by atoms with Crippen LogP contribution in [0, 0.1) is 5.92 Å². The first kappa shape index (κ1) is 10.7. The fourth-order valence-electron chi connectivity index (χ4n) is 2.24. The molecule has 0 aliphatic heterocycles. The molecule has 84 valence electrons. The zero-order valence-corrected chi connectivity index (χ0v) is 9.84. The molecule has 3 nitrogen and oxygen atoms in total. The van der Waals surface area contributed by atoms with Gasteiger partial charge in [0.1, 0.15) is 11.5 Å². The first-order valence-corrected chi connectivity index (χ1v) is 5.92. The van der Waals surface area contributed by atoms with Crippen molar-refractivity contribution in [2.24, 2.45) is 5.92 Å². The van der Waals surface area contributed by atoms with Gasteiger partial charge in [-0.15, -0.1) is 0 Å².